The van der Waals surface area contributed by atoms with Crippen molar-refractivity contribution < 1.29 is 10.2 Å². The van der Waals surface area contributed by atoms with Gasteiger partial charge in [0, 0.05) is 0 Å². The number of hydrogen-bond acceptors (Lipinski definition) is 2. The van der Waals surface area contributed by atoms with E-state index in [0.717, 1.165) is 32.1 Å². The summed E-state index contributed by atoms with van der Waals surface area (Å²) in [5, 5.41) is 19.3. The number of hydrogen-bond donors (Lipinski definition) is 2. The molecule has 0 saturated heterocycles. The zero-order chi connectivity index (χ0) is 16.5. The second kappa shape index (κ2) is 16.4. The third kappa shape index (κ3) is 15.4. The average molecular weight is 306 g/mol. The molecule has 2 N–H and O–H groups in total. The summed E-state index contributed by atoms with van der Waals surface area (Å²) in [5.74, 6) is 10.8. The van der Waals surface area contributed by atoms with E-state index in [1.165, 1.54) is 38.5 Å². The quantitative estimate of drug-likeness (QED) is 0.413. The Morgan fingerprint density at radius 2 is 0.955 bits per heavy atom. The predicted octanol–water partition coefficient (Wildman–Crippen LogP) is 4.44. The summed E-state index contributed by atoms with van der Waals surface area (Å²) in [6.07, 6.45) is 12.2. The molecule has 2 unspecified atom stereocenters. The van der Waals surface area contributed by atoms with Gasteiger partial charge in [-0.25, -0.2) is 0 Å². The summed E-state index contributed by atoms with van der Waals surface area (Å²) in [6, 6.07) is 0. The number of rotatable bonds is 12. The van der Waals surface area contributed by atoms with E-state index in [0.29, 0.717) is 6.42 Å². The molecule has 0 bridgehead atoms. The molecule has 0 amide bonds. The minimum absolute atomic E-state index is 0.581. The van der Waals surface area contributed by atoms with Crippen molar-refractivity contribution >= 4 is 0 Å². The third-order valence-electron chi connectivity index (χ3n) is 3.70. The third-order valence-corrected chi connectivity index (χ3v) is 3.70. The monoisotopic (exact) mass is 306 g/mol. The maximum absolute atomic E-state index is 9.72. The Labute approximate surface area is 137 Å². The van der Waals surface area contributed by atoms with Crippen LogP contribution >= 0.6 is 0 Å². The van der Waals surface area contributed by atoms with Gasteiger partial charge in [-0.05, 0) is 37.5 Å². The predicted molar refractivity (Wildman–Crippen MR) is 94.3 cm³/mol. The van der Waals surface area contributed by atoms with Crippen molar-refractivity contribution in [3.05, 3.63) is 0 Å². The summed E-state index contributed by atoms with van der Waals surface area (Å²) < 4.78 is 0. The number of unbranched alkanes of at least 4 members (excludes halogenated alkanes) is 8. The van der Waals surface area contributed by atoms with Gasteiger partial charge >= 0.3 is 0 Å². The van der Waals surface area contributed by atoms with E-state index < -0.39 is 12.2 Å². The summed E-state index contributed by atoms with van der Waals surface area (Å²) in [7, 11) is 0. The van der Waals surface area contributed by atoms with E-state index in [4.69, 9.17) is 0 Å². The lowest BCUT2D eigenvalue weighted by molar-refractivity contribution is 0.216. The molecule has 0 heterocycles. The molecule has 126 valence electrons. The molecule has 2 heteroatoms. The molecule has 0 saturated carbocycles. The molecule has 0 aromatic rings. The van der Waals surface area contributed by atoms with Crippen LogP contribution in [-0.2, 0) is 0 Å². The topological polar surface area (TPSA) is 40.5 Å². The Balaban J connectivity index is 3.65. The SMILES string of the molecule is CCCCCCCCCC(O)C#CC#CC(O)CCCCC. The van der Waals surface area contributed by atoms with Crippen LogP contribution in [0, 0.1) is 23.7 Å². The second-order valence-electron chi connectivity index (χ2n) is 5.98. The first-order chi connectivity index (χ1) is 10.7. The van der Waals surface area contributed by atoms with Gasteiger partial charge in [-0.2, -0.15) is 0 Å². The normalized spacial score (nSPS) is 12.7. The highest BCUT2D eigenvalue weighted by molar-refractivity contribution is 5.28. The van der Waals surface area contributed by atoms with Crippen molar-refractivity contribution in [1.82, 2.24) is 0 Å². The molecule has 2 atom stereocenters. The van der Waals surface area contributed by atoms with Crippen LogP contribution in [0.2, 0.25) is 0 Å². The molecular formula is C20H34O2. The number of aliphatic hydroxyl groups excluding tert-OH is 2. The Bertz CT molecular complexity index is 353. The van der Waals surface area contributed by atoms with Gasteiger partial charge in [0.15, 0.2) is 0 Å². The number of aliphatic hydroxyl groups is 2. The highest BCUT2D eigenvalue weighted by Gasteiger charge is 1.99. The molecule has 0 aromatic carbocycles. The van der Waals surface area contributed by atoms with E-state index in [1.54, 1.807) is 0 Å². The van der Waals surface area contributed by atoms with Crippen LogP contribution in [0.15, 0.2) is 0 Å². The summed E-state index contributed by atoms with van der Waals surface area (Å²) in [5.41, 5.74) is 0. The molecule has 0 spiro atoms. The molecule has 22 heavy (non-hydrogen) atoms. The van der Waals surface area contributed by atoms with Crippen LogP contribution in [0.1, 0.15) is 90.9 Å². The Morgan fingerprint density at radius 3 is 1.45 bits per heavy atom. The van der Waals surface area contributed by atoms with E-state index in [2.05, 4.69) is 37.5 Å². The van der Waals surface area contributed by atoms with Gasteiger partial charge in [-0.1, -0.05) is 77.1 Å². The van der Waals surface area contributed by atoms with E-state index in [-0.39, 0.29) is 0 Å². The molecule has 0 aliphatic carbocycles. The van der Waals surface area contributed by atoms with Crippen molar-refractivity contribution in [2.45, 2.75) is 103 Å². The van der Waals surface area contributed by atoms with Crippen LogP contribution in [-0.4, -0.2) is 22.4 Å². The molecule has 2 nitrogen and oxygen atoms in total. The highest BCUT2D eigenvalue weighted by atomic mass is 16.3. The first-order valence-corrected chi connectivity index (χ1v) is 9.07. The average Bonchev–Trinajstić information content (AvgIpc) is 2.51. The Kier molecular flexibility index (Phi) is 15.7. The molecular weight excluding hydrogens is 272 g/mol. The lowest BCUT2D eigenvalue weighted by Gasteiger charge is -2.03. The molecule has 0 aliphatic heterocycles. The standard InChI is InChI=1S/C20H34O2/c1-3-5-7-8-9-10-12-16-20(22)18-14-13-17-19(21)15-11-6-4-2/h19-22H,3-12,15-16H2,1-2H3. The summed E-state index contributed by atoms with van der Waals surface area (Å²) >= 11 is 0. The maximum Gasteiger partial charge on any atom is 0.115 e. The molecule has 0 rings (SSSR count). The molecule has 0 fully saturated rings. The smallest absolute Gasteiger partial charge is 0.115 e. The van der Waals surface area contributed by atoms with Gasteiger partial charge in [0.05, 0.1) is 0 Å². The van der Waals surface area contributed by atoms with Crippen LogP contribution in [0.3, 0.4) is 0 Å². The minimum atomic E-state index is -0.582. The van der Waals surface area contributed by atoms with Crippen molar-refractivity contribution in [3.63, 3.8) is 0 Å². The minimum Gasteiger partial charge on any atom is -0.380 e. The fraction of sp³-hybridized carbons (Fsp3) is 0.800. The first-order valence-electron chi connectivity index (χ1n) is 9.07. The van der Waals surface area contributed by atoms with Gasteiger partial charge in [-0.3, -0.25) is 0 Å². The van der Waals surface area contributed by atoms with Crippen molar-refractivity contribution in [2.75, 3.05) is 0 Å². The molecule has 0 radical (unpaired) electrons. The summed E-state index contributed by atoms with van der Waals surface area (Å²) in [6.45, 7) is 4.36. The van der Waals surface area contributed by atoms with E-state index in [1.807, 2.05) is 0 Å². The van der Waals surface area contributed by atoms with Gasteiger partial charge in [0.25, 0.3) is 0 Å². The van der Waals surface area contributed by atoms with E-state index in [9.17, 15) is 10.2 Å². The Morgan fingerprint density at radius 1 is 0.591 bits per heavy atom. The first kappa shape index (κ1) is 21.0. The van der Waals surface area contributed by atoms with Crippen LogP contribution in [0.25, 0.3) is 0 Å². The van der Waals surface area contributed by atoms with Gasteiger partial charge in [-0.15, -0.1) is 0 Å². The molecule has 0 aliphatic rings. The lowest BCUT2D eigenvalue weighted by atomic mass is 10.1. The fourth-order valence-corrected chi connectivity index (χ4v) is 2.27. The second-order valence-corrected chi connectivity index (χ2v) is 5.98. The van der Waals surface area contributed by atoms with Crippen molar-refractivity contribution in [2.24, 2.45) is 0 Å². The van der Waals surface area contributed by atoms with Crippen LogP contribution < -0.4 is 0 Å². The maximum atomic E-state index is 9.72. The van der Waals surface area contributed by atoms with Crippen LogP contribution in [0.4, 0.5) is 0 Å². The molecule has 0 aromatic heterocycles. The van der Waals surface area contributed by atoms with Gasteiger partial charge in [0.1, 0.15) is 12.2 Å². The highest BCUT2D eigenvalue weighted by Crippen LogP contribution is 2.09. The van der Waals surface area contributed by atoms with Crippen LogP contribution in [0.5, 0.6) is 0 Å². The summed E-state index contributed by atoms with van der Waals surface area (Å²) in [4.78, 5) is 0. The fourth-order valence-electron chi connectivity index (χ4n) is 2.27. The van der Waals surface area contributed by atoms with Crippen molar-refractivity contribution in [1.29, 1.82) is 0 Å². The van der Waals surface area contributed by atoms with E-state index >= 15 is 0 Å². The Hall–Kier alpha value is -0.960. The van der Waals surface area contributed by atoms with Crippen molar-refractivity contribution in [3.8, 4) is 23.7 Å². The zero-order valence-corrected chi connectivity index (χ0v) is 14.5. The van der Waals surface area contributed by atoms with Gasteiger partial charge < -0.3 is 10.2 Å². The largest absolute Gasteiger partial charge is 0.380 e. The zero-order valence-electron chi connectivity index (χ0n) is 14.5. The lowest BCUT2D eigenvalue weighted by Crippen LogP contribution is -2.03. The van der Waals surface area contributed by atoms with Gasteiger partial charge in [0.2, 0.25) is 0 Å².